The molecule has 0 unspecified atom stereocenters. The van der Waals surface area contributed by atoms with Crippen LogP contribution >= 0.6 is 0 Å². The number of carbonyl (C=O) groups is 1. The number of nitrogens with two attached hydrogens (primary N) is 1. The second-order valence-electron chi connectivity index (χ2n) is 5.59. The van der Waals surface area contributed by atoms with Gasteiger partial charge >= 0.3 is 0 Å². The Bertz CT molecular complexity index is 524. The normalized spacial score (nSPS) is 10.7. The van der Waals surface area contributed by atoms with Gasteiger partial charge in [0, 0.05) is 26.3 Å². The van der Waals surface area contributed by atoms with Crippen LogP contribution in [0.1, 0.15) is 31.4 Å². The van der Waals surface area contributed by atoms with E-state index in [1.807, 2.05) is 38.1 Å². The van der Waals surface area contributed by atoms with Crippen molar-refractivity contribution in [1.82, 2.24) is 4.90 Å². The van der Waals surface area contributed by atoms with E-state index >= 15 is 0 Å². The number of carbonyl (C=O) groups excluding carboxylic acids is 1. The predicted octanol–water partition coefficient (Wildman–Crippen LogP) is 1.77. The van der Waals surface area contributed by atoms with Gasteiger partial charge in [-0.3, -0.25) is 4.79 Å². The third-order valence-corrected chi connectivity index (χ3v) is 3.26. The lowest BCUT2D eigenvalue weighted by atomic mass is 10.0. The van der Waals surface area contributed by atoms with Crippen LogP contribution in [0, 0.1) is 11.8 Å². The van der Waals surface area contributed by atoms with Crippen molar-refractivity contribution in [3.8, 4) is 11.8 Å². The highest BCUT2D eigenvalue weighted by Crippen LogP contribution is 2.15. The number of hydrogen-bond acceptors (Lipinski definition) is 3. The number of rotatable bonds is 5. The van der Waals surface area contributed by atoms with Gasteiger partial charge in [-0.25, -0.2) is 0 Å². The van der Waals surface area contributed by atoms with E-state index in [0.717, 1.165) is 11.1 Å². The molecule has 1 aromatic carbocycles. The van der Waals surface area contributed by atoms with Crippen molar-refractivity contribution in [1.29, 1.82) is 0 Å². The van der Waals surface area contributed by atoms with Crippen LogP contribution in [-0.2, 0) is 16.1 Å². The molecule has 0 aromatic heterocycles. The Morgan fingerprint density at radius 2 is 1.95 bits per heavy atom. The standard InChI is InChI=1S/C17H24N2O2/c1-17(2,21-4)12-16(20)19(3)13-15-9-7-14(8-10-15)6-5-11-18/h7-10H,11-13,18H2,1-4H3. The molecule has 0 aliphatic rings. The highest BCUT2D eigenvalue weighted by molar-refractivity contribution is 5.76. The van der Waals surface area contributed by atoms with Crippen LogP contribution < -0.4 is 5.73 Å². The lowest BCUT2D eigenvalue weighted by molar-refractivity contribution is -0.135. The summed E-state index contributed by atoms with van der Waals surface area (Å²) in [6.45, 7) is 4.74. The maximum atomic E-state index is 12.1. The van der Waals surface area contributed by atoms with E-state index in [-0.39, 0.29) is 5.91 Å². The molecular formula is C17H24N2O2. The van der Waals surface area contributed by atoms with E-state index in [2.05, 4.69) is 11.8 Å². The zero-order valence-electron chi connectivity index (χ0n) is 13.3. The van der Waals surface area contributed by atoms with E-state index < -0.39 is 5.60 Å². The fraction of sp³-hybridized carbons (Fsp3) is 0.471. The maximum Gasteiger partial charge on any atom is 0.225 e. The van der Waals surface area contributed by atoms with Gasteiger partial charge in [-0.05, 0) is 31.5 Å². The minimum Gasteiger partial charge on any atom is -0.378 e. The maximum absolute atomic E-state index is 12.1. The summed E-state index contributed by atoms with van der Waals surface area (Å²) in [6.07, 6.45) is 0.361. The summed E-state index contributed by atoms with van der Waals surface area (Å²) in [4.78, 5) is 13.8. The van der Waals surface area contributed by atoms with Gasteiger partial charge in [0.15, 0.2) is 0 Å². The van der Waals surface area contributed by atoms with Gasteiger partial charge in [-0.15, -0.1) is 0 Å². The summed E-state index contributed by atoms with van der Waals surface area (Å²) >= 11 is 0. The van der Waals surface area contributed by atoms with E-state index in [1.165, 1.54) is 0 Å². The summed E-state index contributed by atoms with van der Waals surface area (Å²) in [6, 6.07) is 7.84. The number of amides is 1. The first-order valence-corrected chi connectivity index (χ1v) is 6.95. The van der Waals surface area contributed by atoms with Crippen LogP contribution in [0.3, 0.4) is 0 Å². The number of ether oxygens (including phenoxy) is 1. The fourth-order valence-corrected chi connectivity index (χ4v) is 1.78. The van der Waals surface area contributed by atoms with Crippen LogP contribution in [0.25, 0.3) is 0 Å². The highest BCUT2D eigenvalue weighted by atomic mass is 16.5. The van der Waals surface area contributed by atoms with Gasteiger partial charge in [0.05, 0.1) is 18.6 Å². The van der Waals surface area contributed by atoms with Crippen molar-refractivity contribution in [2.24, 2.45) is 5.73 Å². The van der Waals surface area contributed by atoms with Crippen molar-refractivity contribution >= 4 is 5.91 Å². The van der Waals surface area contributed by atoms with Gasteiger partial charge in [-0.1, -0.05) is 24.0 Å². The Hall–Kier alpha value is -1.83. The Labute approximate surface area is 127 Å². The second kappa shape index (κ2) is 7.82. The molecule has 4 nitrogen and oxygen atoms in total. The van der Waals surface area contributed by atoms with Gasteiger partial charge in [-0.2, -0.15) is 0 Å². The summed E-state index contributed by atoms with van der Waals surface area (Å²) in [5.41, 5.74) is 6.90. The molecule has 4 heteroatoms. The molecular weight excluding hydrogens is 264 g/mol. The van der Waals surface area contributed by atoms with Crippen molar-refractivity contribution < 1.29 is 9.53 Å². The molecule has 114 valence electrons. The largest absolute Gasteiger partial charge is 0.378 e. The van der Waals surface area contributed by atoms with Crippen LogP contribution in [-0.4, -0.2) is 37.1 Å². The molecule has 0 saturated carbocycles. The molecule has 0 aliphatic carbocycles. The van der Waals surface area contributed by atoms with Gasteiger partial charge in [0.2, 0.25) is 5.91 Å². The van der Waals surface area contributed by atoms with Gasteiger partial charge in [0.1, 0.15) is 0 Å². The zero-order valence-corrected chi connectivity index (χ0v) is 13.3. The zero-order chi connectivity index (χ0) is 15.9. The topological polar surface area (TPSA) is 55.6 Å². The molecule has 1 rings (SSSR count). The number of benzene rings is 1. The minimum absolute atomic E-state index is 0.0637. The predicted molar refractivity (Wildman–Crippen MR) is 84.6 cm³/mol. The Balaban J connectivity index is 2.62. The Kier molecular flexibility index (Phi) is 6.41. The first-order chi connectivity index (χ1) is 9.88. The fourth-order valence-electron chi connectivity index (χ4n) is 1.78. The SMILES string of the molecule is COC(C)(C)CC(=O)N(C)Cc1ccc(C#CCN)cc1. The molecule has 2 N–H and O–H groups in total. The van der Waals surface area contributed by atoms with E-state index in [9.17, 15) is 4.79 Å². The molecule has 0 aliphatic heterocycles. The van der Waals surface area contributed by atoms with E-state index in [1.54, 1.807) is 19.1 Å². The monoisotopic (exact) mass is 288 g/mol. The van der Waals surface area contributed by atoms with E-state index in [0.29, 0.717) is 19.5 Å². The molecule has 0 spiro atoms. The minimum atomic E-state index is -0.437. The second-order valence-corrected chi connectivity index (χ2v) is 5.59. The van der Waals surface area contributed by atoms with Gasteiger partial charge < -0.3 is 15.4 Å². The molecule has 1 aromatic rings. The molecule has 0 radical (unpaired) electrons. The quantitative estimate of drug-likeness (QED) is 0.840. The summed E-state index contributed by atoms with van der Waals surface area (Å²) in [7, 11) is 3.42. The summed E-state index contributed by atoms with van der Waals surface area (Å²) < 4.78 is 5.29. The molecule has 21 heavy (non-hydrogen) atoms. The van der Waals surface area contributed by atoms with Crippen molar-refractivity contribution in [2.75, 3.05) is 20.7 Å². The first-order valence-electron chi connectivity index (χ1n) is 6.95. The summed E-state index contributed by atoms with van der Waals surface area (Å²) in [5, 5.41) is 0. The first kappa shape index (κ1) is 17.2. The third-order valence-electron chi connectivity index (χ3n) is 3.26. The molecule has 0 atom stereocenters. The number of methoxy groups -OCH3 is 1. The van der Waals surface area contributed by atoms with Crippen molar-refractivity contribution in [2.45, 2.75) is 32.4 Å². The smallest absolute Gasteiger partial charge is 0.225 e. The molecule has 0 saturated heterocycles. The summed E-state index contributed by atoms with van der Waals surface area (Å²) in [5.74, 6) is 5.85. The molecule has 0 bridgehead atoms. The van der Waals surface area contributed by atoms with Crippen LogP contribution in [0.2, 0.25) is 0 Å². The Morgan fingerprint density at radius 1 is 1.33 bits per heavy atom. The molecule has 0 heterocycles. The lowest BCUT2D eigenvalue weighted by Crippen LogP contribution is -2.34. The number of hydrogen-bond donors (Lipinski definition) is 1. The number of nitrogens with zero attached hydrogens (tertiary/aromatic N) is 1. The van der Waals surface area contributed by atoms with Gasteiger partial charge in [0.25, 0.3) is 0 Å². The van der Waals surface area contributed by atoms with Crippen LogP contribution in [0.15, 0.2) is 24.3 Å². The van der Waals surface area contributed by atoms with Crippen LogP contribution in [0.5, 0.6) is 0 Å². The van der Waals surface area contributed by atoms with Crippen molar-refractivity contribution in [3.05, 3.63) is 35.4 Å². The Morgan fingerprint density at radius 3 is 2.48 bits per heavy atom. The third kappa shape index (κ3) is 5.99. The van der Waals surface area contributed by atoms with E-state index in [4.69, 9.17) is 10.5 Å². The molecule has 1 amide bonds. The highest BCUT2D eigenvalue weighted by Gasteiger charge is 2.23. The lowest BCUT2D eigenvalue weighted by Gasteiger charge is -2.25. The average Bonchev–Trinajstić information content (AvgIpc) is 2.46. The van der Waals surface area contributed by atoms with Crippen molar-refractivity contribution in [3.63, 3.8) is 0 Å². The molecule has 0 fully saturated rings. The average molecular weight is 288 g/mol. The van der Waals surface area contributed by atoms with Crippen LogP contribution in [0.4, 0.5) is 0 Å².